The number of rotatable bonds is 3. The first kappa shape index (κ1) is 17.7. The second-order valence-electron chi connectivity index (χ2n) is 7.27. The van der Waals surface area contributed by atoms with Gasteiger partial charge in [0.25, 0.3) is 0 Å². The molecule has 0 fully saturated rings. The van der Waals surface area contributed by atoms with E-state index in [0.717, 1.165) is 43.8 Å². The Morgan fingerprint density at radius 1 is 0.483 bits per heavy atom. The first-order valence-electron chi connectivity index (χ1n) is 9.68. The smallest absolute Gasteiger partial charge is 0.423 e. The molecule has 3 heteroatoms. The van der Waals surface area contributed by atoms with Crippen molar-refractivity contribution in [2.24, 2.45) is 0 Å². The van der Waals surface area contributed by atoms with Crippen LogP contribution in [-0.4, -0.2) is 17.2 Å². The fourth-order valence-corrected chi connectivity index (χ4v) is 4.07. The van der Waals surface area contributed by atoms with Gasteiger partial charge in [0.05, 0.1) is 0 Å². The fraction of sp³-hybridized carbons (Fsp3) is 0. The van der Waals surface area contributed by atoms with E-state index in [1.165, 1.54) is 0 Å². The van der Waals surface area contributed by atoms with Gasteiger partial charge in [-0.25, -0.2) is 0 Å². The number of hydrogen-bond donors (Lipinski definition) is 2. The van der Waals surface area contributed by atoms with Gasteiger partial charge in [-0.2, -0.15) is 0 Å². The molecule has 0 radical (unpaired) electrons. The highest BCUT2D eigenvalue weighted by atomic mass is 16.4. The molecular weight excluding hydrogens is 355 g/mol. The van der Waals surface area contributed by atoms with Crippen LogP contribution in [0.3, 0.4) is 0 Å². The van der Waals surface area contributed by atoms with Crippen molar-refractivity contribution >= 4 is 34.1 Å². The van der Waals surface area contributed by atoms with E-state index in [4.69, 9.17) is 0 Å². The molecule has 0 aliphatic carbocycles. The maximum atomic E-state index is 9.95. The van der Waals surface area contributed by atoms with E-state index in [1.54, 1.807) is 0 Å². The molecule has 0 heterocycles. The molecule has 5 rings (SSSR count). The Balaban J connectivity index is 1.79. The van der Waals surface area contributed by atoms with Crippen LogP contribution < -0.4 is 5.46 Å². The van der Waals surface area contributed by atoms with Gasteiger partial charge in [-0.1, -0.05) is 97.1 Å². The van der Waals surface area contributed by atoms with Crippen LogP contribution in [0.25, 0.3) is 43.8 Å². The monoisotopic (exact) mass is 374 g/mol. The summed E-state index contributed by atoms with van der Waals surface area (Å²) in [6, 6.07) is 34.8. The summed E-state index contributed by atoms with van der Waals surface area (Å²) in [5.41, 5.74) is 4.57. The van der Waals surface area contributed by atoms with Crippen molar-refractivity contribution in [2.45, 2.75) is 0 Å². The van der Waals surface area contributed by atoms with Gasteiger partial charge in [-0.3, -0.25) is 0 Å². The molecule has 29 heavy (non-hydrogen) atoms. The molecule has 0 aliphatic rings. The van der Waals surface area contributed by atoms with Gasteiger partial charge in [-0.05, 0) is 55.3 Å². The zero-order chi connectivity index (χ0) is 19.8. The predicted molar refractivity (Wildman–Crippen MR) is 122 cm³/mol. The van der Waals surface area contributed by atoms with Gasteiger partial charge < -0.3 is 10.0 Å². The lowest BCUT2D eigenvalue weighted by Gasteiger charge is -2.14. The van der Waals surface area contributed by atoms with Crippen molar-refractivity contribution in [3.63, 3.8) is 0 Å². The Hall–Kier alpha value is -3.40. The van der Waals surface area contributed by atoms with E-state index in [0.29, 0.717) is 5.46 Å². The minimum Gasteiger partial charge on any atom is -0.423 e. The van der Waals surface area contributed by atoms with Crippen molar-refractivity contribution in [3.8, 4) is 22.3 Å². The average molecular weight is 374 g/mol. The maximum absolute atomic E-state index is 9.95. The van der Waals surface area contributed by atoms with Crippen LogP contribution in [0, 0.1) is 0 Å². The minimum atomic E-state index is -1.53. The summed E-state index contributed by atoms with van der Waals surface area (Å²) in [5, 5.41) is 24.5. The maximum Gasteiger partial charge on any atom is 0.488 e. The zero-order valence-corrected chi connectivity index (χ0v) is 15.8. The highest BCUT2D eigenvalue weighted by molar-refractivity contribution is 6.59. The third-order valence-corrected chi connectivity index (χ3v) is 5.45. The van der Waals surface area contributed by atoms with Crippen molar-refractivity contribution in [1.29, 1.82) is 0 Å². The molecule has 0 spiro atoms. The van der Waals surface area contributed by atoms with Crippen LogP contribution in [0.1, 0.15) is 0 Å². The van der Waals surface area contributed by atoms with Gasteiger partial charge in [-0.15, -0.1) is 0 Å². The molecule has 0 unspecified atom stereocenters. The van der Waals surface area contributed by atoms with Crippen molar-refractivity contribution < 1.29 is 10.0 Å². The van der Waals surface area contributed by atoms with Crippen LogP contribution in [0.4, 0.5) is 0 Å². The Morgan fingerprint density at radius 3 is 1.41 bits per heavy atom. The summed E-state index contributed by atoms with van der Waals surface area (Å²) in [4.78, 5) is 0. The molecule has 138 valence electrons. The Morgan fingerprint density at radius 2 is 0.931 bits per heavy atom. The van der Waals surface area contributed by atoms with E-state index < -0.39 is 7.12 Å². The summed E-state index contributed by atoms with van der Waals surface area (Å²) in [5.74, 6) is 0. The van der Waals surface area contributed by atoms with Gasteiger partial charge in [0.15, 0.2) is 0 Å². The first-order valence-corrected chi connectivity index (χ1v) is 9.68. The second kappa shape index (κ2) is 7.21. The van der Waals surface area contributed by atoms with Crippen molar-refractivity contribution in [1.82, 2.24) is 0 Å². The van der Waals surface area contributed by atoms with Gasteiger partial charge in [0.1, 0.15) is 0 Å². The SMILES string of the molecule is OB(O)c1cc(-c2cccc3ccccc23)cc(-c2cccc3ccccc23)c1. The lowest BCUT2D eigenvalue weighted by molar-refractivity contribution is 0.426. The minimum absolute atomic E-state index is 0.485. The Kier molecular flexibility index (Phi) is 4.40. The molecule has 5 aromatic carbocycles. The fourth-order valence-electron chi connectivity index (χ4n) is 4.07. The molecule has 0 aliphatic heterocycles. The molecule has 5 aromatic rings. The van der Waals surface area contributed by atoms with E-state index in [2.05, 4.69) is 54.6 Å². The average Bonchev–Trinajstić information content (AvgIpc) is 2.78. The van der Waals surface area contributed by atoms with E-state index in [9.17, 15) is 10.0 Å². The number of benzene rings is 5. The highest BCUT2D eigenvalue weighted by Crippen LogP contribution is 2.33. The summed E-state index contributed by atoms with van der Waals surface area (Å²) in [6.07, 6.45) is 0. The van der Waals surface area contributed by atoms with E-state index in [1.807, 2.05) is 48.5 Å². The van der Waals surface area contributed by atoms with Crippen molar-refractivity contribution in [3.05, 3.63) is 103 Å². The standard InChI is InChI=1S/C26H19BO2/c28-27(29)22-16-20(25-13-5-9-18-7-1-3-11-23(18)25)15-21(17-22)26-14-6-10-19-8-2-4-12-24(19)26/h1-17,28-29H. The summed E-state index contributed by atoms with van der Waals surface area (Å²) in [6.45, 7) is 0. The number of hydrogen-bond acceptors (Lipinski definition) is 2. The van der Waals surface area contributed by atoms with Crippen molar-refractivity contribution in [2.75, 3.05) is 0 Å². The Bertz CT molecular complexity index is 1230. The molecule has 0 amide bonds. The molecule has 0 saturated heterocycles. The van der Waals surface area contributed by atoms with Crippen LogP contribution in [-0.2, 0) is 0 Å². The third kappa shape index (κ3) is 3.21. The topological polar surface area (TPSA) is 40.5 Å². The molecule has 2 N–H and O–H groups in total. The molecule has 0 atom stereocenters. The lowest BCUT2D eigenvalue weighted by atomic mass is 9.77. The first-order chi connectivity index (χ1) is 14.2. The summed E-state index contributed by atoms with van der Waals surface area (Å²) >= 11 is 0. The molecule has 2 nitrogen and oxygen atoms in total. The van der Waals surface area contributed by atoms with E-state index >= 15 is 0 Å². The predicted octanol–water partition coefficient (Wildman–Crippen LogP) is 5.01. The second-order valence-corrected chi connectivity index (χ2v) is 7.27. The van der Waals surface area contributed by atoms with Gasteiger partial charge in [0.2, 0.25) is 0 Å². The quantitative estimate of drug-likeness (QED) is 0.436. The molecule has 0 aromatic heterocycles. The van der Waals surface area contributed by atoms with Gasteiger partial charge in [0, 0.05) is 0 Å². The highest BCUT2D eigenvalue weighted by Gasteiger charge is 2.16. The van der Waals surface area contributed by atoms with E-state index in [-0.39, 0.29) is 0 Å². The van der Waals surface area contributed by atoms with Crippen LogP contribution >= 0.6 is 0 Å². The van der Waals surface area contributed by atoms with Crippen LogP contribution in [0.15, 0.2) is 103 Å². The number of fused-ring (bicyclic) bond motifs is 2. The van der Waals surface area contributed by atoms with Crippen LogP contribution in [0.2, 0.25) is 0 Å². The summed E-state index contributed by atoms with van der Waals surface area (Å²) in [7, 11) is -1.53. The zero-order valence-electron chi connectivity index (χ0n) is 15.8. The molecule has 0 bridgehead atoms. The van der Waals surface area contributed by atoms with Gasteiger partial charge >= 0.3 is 7.12 Å². The molecule has 0 saturated carbocycles. The largest absolute Gasteiger partial charge is 0.488 e. The lowest BCUT2D eigenvalue weighted by Crippen LogP contribution is -2.30. The summed E-state index contributed by atoms with van der Waals surface area (Å²) < 4.78 is 0. The Labute approximate surface area is 169 Å². The third-order valence-electron chi connectivity index (χ3n) is 5.45. The molecular formula is C26H19BO2. The van der Waals surface area contributed by atoms with Crippen LogP contribution in [0.5, 0.6) is 0 Å². The normalized spacial score (nSPS) is 11.1.